The smallest absolute Gasteiger partial charge is 0.323 e. The molecule has 0 aliphatic rings. The summed E-state index contributed by atoms with van der Waals surface area (Å²) in [6, 6.07) is 5.43. The fourth-order valence-corrected chi connectivity index (χ4v) is 4.39. The van der Waals surface area contributed by atoms with Gasteiger partial charge in [0.05, 0.1) is 24.2 Å². The second-order valence-corrected chi connectivity index (χ2v) is 10.3. The zero-order valence-electron chi connectivity index (χ0n) is 25.2. The van der Waals surface area contributed by atoms with E-state index in [-0.39, 0.29) is 54.0 Å². The third-order valence-corrected chi connectivity index (χ3v) is 6.84. The third-order valence-electron chi connectivity index (χ3n) is 6.16. The zero-order chi connectivity index (χ0) is 34.2. The maximum atomic E-state index is 14.3. The Bertz CT molecular complexity index is 1480. The predicted octanol–water partition coefficient (Wildman–Crippen LogP) is 0.566. The highest BCUT2D eigenvalue weighted by Gasteiger charge is 2.24. The number of hydrogen-bond acceptors (Lipinski definition) is 14. The van der Waals surface area contributed by atoms with Crippen molar-refractivity contribution in [2.24, 2.45) is 17.3 Å². The van der Waals surface area contributed by atoms with Gasteiger partial charge in [0.25, 0.3) is 0 Å². The van der Waals surface area contributed by atoms with Crippen molar-refractivity contribution in [1.29, 1.82) is 0 Å². The van der Waals surface area contributed by atoms with Gasteiger partial charge in [-0.1, -0.05) is 0 Å². The van der Waals surface area contributed by atoms with Crippen molar-refractivity contribution < 1.29 is 43.6 Å². The summed E-state index contributed by atoms with van der Waals surface area (Å²) in [4.78, 5) is 39.0. The first-order valence-electron chi connectivity index (χ1n) is 13.7. The van der Waals surface area contributed by atoms with E-state index >= 15 is 0 Å². The van der Waals surface area contributed by atoms with Crippen molar-refractivity contribution in [1.82, 2.24) is 15.3 Å². The largest absolute Gasteiger partial charge is 0.488 e. The molecule has 0 radical (unpaired) electrons. The fraction of sp³-hybridized carbons (Fsp3) is 0.310. The van der Waals surface area contributed by atoms with Crippen molar-refractivity contribution >= 4 is 34.6 Å². The molecule has 2 unspecified atom stereocenters. The van der Waals surface area contributed by atoms with Gasteiger partial charge in [0.15, 0.2) is 22.9 Å². The number of nitrogens with zero attached hydrogens (tertiary/aromatic N) is 2. The molecule has 0 aliphatic carbocycles. The summed E-state index contributed by atoms with van der Waals surface area (Å²) in [6.45, 7) is 0.577. The van der Waals surface area contributed by atoms with Gasteiger partial charge >= 0.3 is 5.97 Å². The van der Waals surface area contributed by atoms with Gasteiger partial charge in [-0.05, 0) is 55.4 Å². The van der Waals surface area contributed by atoms with Gasteiger partial charge in [-0.3, -0.25) is 14.4 Å². The number of aldehydes is 1. The Morgan fingerprint density at radius 2 is 1.91 bits per heavy atom. The molecule has 46 heavy (non-hydrogen) atoms. The molecular weight excluding hydrogens is 625 g/mol. The predicted molar refractivity (Wildman–Crippen MR) is 169 cm³/mol. The zero-order valence-corrected chi connectivity index (χ0v) is 26.0. The number of carbonyl (C=O) groups excluding carboxylic acids is 2. The van der Waals surface area contributed by atoms with E-state index < -0.39 is 23.9 Å². The number of carboxylic acids is 1. The summed E-state index contributed by atoms with van der Waals surface area (Å²) in [5, 5.41) is 35.0. The van der Waals surface area contributed by atoms with Crippen LogP contribution in [-0.2, 0) is 22.4 Å². The van der Waals surface area contributed by atoms with Crippen molar-refractivity contribution in [3.63, 3.8) is 0 Å². The number of carboxylic acid groups (broad SMARTS) is 1. The summed E-state index contributed by atoms with van der Waals surface area (Å²) >= 11 is 1.28. The van der Waals surface area contributed by atoms with Crippen molar-refractivity contribution in [3.05, 3.63) is 76.3 Å². The second-order valence-electron chi connectivity index (χ2n) is 9.41. The standard InChI is InChI=1S/C28H34FN7O7S.CH4O/c1-33-5-4-16-10-22(42-8-7-36(32)14-21(30)26(39)25(31)27(40)41)23(43-19-3-2-17(15-37)20(29)13-19)11-18(16)12-24(38)35-28-34-6-9-44-28;1-2/h2-3,6,9-11,13-15,25-26,33,39H,4-5,7-8,12,30-32H2,1H3,(H,40,41)(H,34,35,38);2H,1H3/b21-14-;. The number of carbonyl (C=O) groups is 3. The number of aliphatic carboxylic acids is 1. The first kappa shape index (κ1) is 37.5. The summed E-state index contributed by atoms with van der Waals surface area (Å²) in [5.74, 6) is 3.90. The van der Waals surface area contributed by atoms with Crippen molar-refractivity contribution in [2.45, 2.75) is 25.0 Å². The number of halogens is 1. The molecule has 3 aromatic rings. The lowest BCUT2D eigenvalue weighted by Crippen LogP contribution is -2.45. The lowest BCUT2D eigenvalue weighted by molar-refractivity contribution is -0.140. The normalized spacial score (nSPS) is 12.3. The molecule has 0 bridgehead atoms. The lowest BCUT2D eigenvalue weighted by Gasteiger charge is -2.21. The molecule has 11 N–H and O–H groups in total. The molecule has 2 atom stereocenters. The van der Waals surface area contributed by atoms with Gasteiger partial charge in [-0.2, -0.15) is 0 Å². The molecule has 250 valence electrons. The number of nitrogens with one attached hydrogen (secondary N) is 2. The Balaban J connectivity index is 0.00000361. The van der Waals surface area contributed by atoms with Gasteiger partial charge in [-0.15, -0.1) is 11.3 Å². The van der Waals surface area contributed by atoms with Crippen LogP contribution in [0.1, 0.15) is 21.5 Å². The monoisotopic (exact) mass is 663 g/mol. The number of benzene rings is 2. The number of aliphatic hydroxyl groups excluding tert-OH is 2. The number of hydrazine groups is 1. The van der Waals surface area contributed by atoms with Crippen LogP contribution in [0.25, 0.3) is 0 Å². The molecule has 17 heteroatoms. The van der Waals surface area contributed by atoms with Crippen molar-refractivity contribution in [2.75, 3.05) is 39.2 Å². The number of rotatable bonds is 17. The highest BCUT2D eigenvalue weighted by atomic mass is 32.1. The maximum Gasteiger partial charge on any atom is 0.323 e. The van der Waals surface area contributed by atoms with E-state index in [9.17, 15) is 23.9 Å². The van der Waals surface area contributed by atoms with Crippen LogP contribution in [0.3, 0.4) is 0 Å². The molecule has 2 aromatic carbocycles. The SMILES string of the molecule is CNCCc1cc(OCCN(N)/C=C(\N)C(O)C(N)C(=O)O)c(Oc2ccc(C=O)c(F)c2)cc1CC(=O)Nc1nccs1.CO. The third kappa shape index (κ3) is 11.4. The Labute approximate surface area is 268 Å². The number of anilines is 1. The molecule has 15 nitrogen and oxygen atoms in total. The van der Waals surface area contributed by atoms with E-state index in [0.29, 0.717) is 29.9 Å². The molecule has 0 fully saturated rings. The number of nitrogens with two attached hydrogens (primary N) is 3. The van der Waals surface area contributed by atoms with E-state index in [1.807, 2.05) is 0 Å². The number of likely N-dealkylation sites (N-methyl/N-ethyl adjacent to an activating group) is 1. The van der Waals surface area contributed by atoms with Crippen LogP contribution >= 0.6 is 11.3 Å². The number of hydrogen-bond donors (Lipinski definition) is 8. The molecule has 0 spiro atoms. The summed E-state index contributed by atoms with van der Waals surface area (Å²) in [5.41, 5.74) is 12.1. The summed E-state index contributed by atoms with van der Waals surface area (Å²) in [7, 11) is 2.79. The summed E-state index contributed by atoms with van der Waals surface area (Å²) < 4.78 is 26.3. The number of amides is 1. The minimum atomic E-state index is -1.67. The van der Waals surface area contributed by atoms with E-state index in [1.54, 1.807) is 30.8 Å². The van der Waals surface area contributed by atoms with Crippen LogP contribution in [0, 0.1) is 5.82 Å². The fourth-order valence-electron chi connectivity index (χ4n) is 3.84. The minimum Gasteiger partial charge on any atom is -0.488 e. The Morgan fingerprint density at radius 1 is 1.20 bits per heavy atom. The van der Waals surface area contributed by atoms with E-state index in [1.165, 1.54) is 23.5 Å². The van der Waals surface area contributed by atoms with E-state index in [4.69, 9.17) is 37.0 Å². The molecule has 1 aromatic heterocycles. The van der Waals surface area contributed by atoms with E-state index in [2.05, 4.69) is 15.6 Å². The molecule has 0 aliphatic heterocycles. The van der Waals surface area contributed by atoms with Crippen LogP contribution in [0.2, 0.25) is 0 Å². The minimum absolute atomic E-state index is 0.0187. The van der Waals surface area contributed by atoms with Gasteiger partial charge in [-0.25, -0.2) is 15.2 Å². The highest BCUT2D eigenvalue weighted by Crippen LogP contribution is 2.36. The maximum absolute atomic E-state index is 14.3. The van der Waals surface area contributed by atoms with Crippen LogP contribution in [0.4, 0.5) is 9.52 Å². The number of aromatic nitrogens is 1. The Morgan fingerprint density at radius 3 is 2.52 bits per heavy atom. The van der Waals surface area contributed by atoms with E-state index in [0.717, 1.165) is 29.9 Å². The van der Waals surface area contributed by atoms with Crippen LogP contribution in [0.5, 0.6) is 17.2 Å². The second kappa shape index (κ2) is 19.0. The molecule has 1 amide bonds. The number of ether oxygens (including phenoxy) is 2. The number of thiazole rings is 1. The Hall–Kier alpha value is -4.65. The average Bonchev–Trinajstić information content (AvgIpc) is 3.54. The first-order chi connectivity index (χ1) is 22.0. The van der Waals surface area contributed by atoms with Crippen LogP contribution in [0.15, 0.2) is 53.8 Å². The molecule has 1 heterocycles. The quantitative estimate of drug-likeness (QED) is 0.0559. The summed E-state index contributed by atoms with van der Waals surface area (Å²) in [6.07, 6.45) is 1.94. The van der Waals surface area contributed by atoms with Crippen LogP contribution < -0.4 is 37.4 Å². The number of aliphatic hydroxyl groups is 2. The Kier molecular flexibility index (Phi) is 15.5. The van der Waals surface area contributed by atoms with Gasteiger partial charge in [0.2, 0.25) is 5.91 Å². The molecule has 0 saturated carbocycles. The van der Waals surface area contributed by atoms with Gasteiger partial charge in [0, 0.05) is 31.0 Å². The van der Waals surface area contributed by atoms with Gasteiger partial charge < -0.3 is 51.9 Å². The molecular formula is C29H38FN7O8S. The average molecular weight is 664 g/mol. The molecule has 3 rings (SSSR count). The van der Waals surface area contributed by atoms with Gasteiger partial charge in [0.1, 0.15) is 30.3 Å². The molecule has 0 saturated heterocycles. The van der Waals surface area contributed by atoms with Crippen molar-refractivity contribution in [3.8, 4) is 17.2 Å². The lowest BCUT2D eigenvalue weighted by atomic mass is 10.00. The van der Waals surface area contributed by atoms with Crippen LogP contribution in [-0.4, -0.2) is 89.5 Å². The topological polar surface area (TPSA) is 249 Å². The highest BCUT2D eigenvalue weighted by molar-refractivity contribution is 7.13. The first-order valence-corrected chi connectivity index (χ1v) is 14.5.